The molecular formula is C18H23O2P. The molecule has 0 unspecified atom stereocenters. The van der Waals surface area contributed by atoms with Crippen LogP contribution in [-0.4, -0.2) is 5.16 Å². The zero-order valence-electron chi connectivity index (χ0n) is 13.1. The first-order valence-electron chi connectivity index (χ1n) is 7.26. The van der Waals surface area contributed by atoms with E-state index in [0.29, 0.717) is 5.92 Å². The lowest BCUT2D eigenvalue weighted by Crippen LogP contribution is -2.29. The van der Waals surface area contributed by atoms with Crippen LogP contribution in [0.4, 0.5) is 0 Å². The highest BCUT2D eigenvalue weighted by Crippen LogP contribution is 2.54. The van der Waals surface area contributed by atoms with Crippen molar-refractivity contribution in [1.29, 1.82) is 0 Å². The molecule has 0 aliphatic rings. The second-order valence-electron chi connectivity index (χ2n) is 5.87. The minimum absolute atomic E-state index is 0.0545. The highest BCUT2D eigenvalue weighted by atomic mass is 31.2. The van der Waals surface area contributed by atoms with Gasteiger partial charge in [0.05, 0.1) is 5.16 Å². The van der Waals surface area contributed by atoms with Crippen LogP contribution in [0.25, 0.3) is 0 Å². The van der Waals surface area contributed by atoms with Crippen LogP contribution in [0, 0.1) is 5.92 Å². The molecule has 2 rings (SSSR count). The fourth-order valence-corrected chi connectivity index (χ4v) is 3.17. The third-order valence-electron chi connectivity index (χ3n) is 3.75. The molecule has 21 heavy (non-hydrogen) atoms. The van der Waals surface area contributed by atoms with Gasteiger partial charge in [-0.05, 0) is 44.0 Å². The molecule has 0 saturated carbocycles. The van der Waals surface area contributed by atoms with E-state index in [4.69, 9.17) is 9.05 Å². The molecule has 2 nitrogen and oxygen atoms in total. The summed E-state index contributed by atoms with van der Waals surface area (Å²) in [5.74, 6) is 2.16. The third kappa shape index (κ3) is 4.22. The van der Waals surface area contributed by atoms with Crippen molar-refractivity contribution in [3.63, 3.8) is 0 Å². The lowest BCUT2D eigenvalue weighted by Gasteiger charge is -2.35. The Hall–Kier alpha value is -1.53. The van der Waals surface area contributed by atoms with E-state index in [0.717, 1.165) is 11.5 Å². The molecule has 0 fully saturated rings. The van der Waals surface area contributed by atoms with Gasteiger partial charge in [0.1, 0.15) is 11.5 Å². The Morgan fingerprint density at radius 1 is 0.762 bits per heavy atom. The molecule has 0 aliphatic heterocycles. The van der Waals surface area contributed by atoms with E-state index in [1.54, 1.807) is 0 Å². The Morgan fingerprint density at radius 2 is 1.14 bits per heavy atom. The third-order valence-corrected chi connectivity index (χ3v) is 5.96. The highest BCUT2D eigenvalue weighted by Gasteiger charge is 2.38. The lowest BCUT2D eigenvalue weighted by molar-refractivity contribution is 0.394. The molecule has 0 aromatic heterocycles. The number of para-hydroxylation sites is 2. The van der Waals surface area contributed by atoms with Crippen molar-refractivity contribution in [2.45, 2.75) is 32.9 Å². The van der Waals surface area contributed by atoms with Crippen molar-refractivity contribution in [2.75, 3.05) is 0 Å². The van der Waals surface area contributed by atoms with Gasteiger partial charge >= 0.3 is 0 Å². The van der Waals surface area contributed by atoms with Crippen molar-refractivity contribution < 1.29 is 9.05 Å². The van der Waals surface area contributed by atoms with Gasteiger partial charge in [-0.25, -0.2) is 0 Å². The fraction of sp³-hybridized carbons (Fsp3) is 0.333. The summed E-state index contributed by atoms with van der Waals surface area (Å²) in [5.41, 5.74) is 0. The van der Waals surface area contributed by atoms with Crippen LogP contribution in [0.5, 0.6) is 11.5 Å². The number of rotatable bonds is 6. The predicted octanol–water partition coefficient (Wildman–Crippen LogP) is 5.89. The Bertz CT molecular complexity index is 496. The first-order chi connectivity index (χ1) is 10.00. The maximum absolute atomic E-state index is 6.19. The van der Waals surface area contributed by atoms with Gasteiger partial charge in [0.15, 0.2) is 0 Å². The maximum Gasteiger partial charge on any atom is 0.296 e. The fourth-order valence-electron chi connectivity index (χ4n) is 1.62. The molecule has 0 saturated heterocycles. The van der Waals surface area contributed by atoms with E-state index in [1.165, 1.54) is 0 Å². The zero-order valence-corrected chi connectivity index (χ0v) is 14.0. The summed E-state index contributed by atoms with van der Waals surface area (Å²) in [5, 5.41) is -0.0545. The van der Waals surface area contributed by atoms with Crippen molar-refractivity contribution in [1.82, 2.24) is 0 Å². The van der Waals surface area contributed by atoms with Crippen LogP contribution in [-0.2, 0) is 0 Å². The maximum atomic E-state index is 6.19. The molecule has 0 aliphatic carbocycles. The monoisotopic (exact) mass is 302 g/mol. The van der Waals surface area contributed by atoms with Gasteiger partial charge in [0, 0.05) is 0 Å². The molecule has 0 radical (unpaired) electrons. The molecule has 0 amide bonds. The van der Waals surface area contributed by atoms with E-state index in [-0.39, 0.29) is 5.16 Å². The summed E-state index contributed by atoms with van der Waals surface area (Å²) in [6.45, 7) is 8.82. The smallest absolute Gasteiger partial charge is 0.296 e. The summed E-state index contributed by atoms with van der Waals surface area (Å²) in [7, 11) is -1.10. The van der Waals surface area contributed by atoms with Crippen molar-refractivity contribution in [2.24, 2.45) is 5.92 Å². The molecule has 3 heteroatoms. The molecule has 112 valence electrons. The Balaban J connectivity index is 2.22. The summed E-state index contributed by atoms with van der Waals surface area (Å²) < 4.78 is 12.4. The molecule has 0 spiro atoms. The molecule has 0 heterocycles. The second-order valence-corrected chi connectivity index (χ2v) is 7.91. The second kappa shape index (κ2) is 6.95. The topological polar surface area (TPSA) is 18.5 Å². The Kier molecular flexibility index (Phi) is 5.25. The van der Waals surface area contributed by atoms with E-state index in [9.17, 15) is 0 Å². The normalized spacial score (nSPS) is 11.7. The average molecular weight is 302 g/mol. The van der Waals surface area contributed by atoms with E-state index in [1.807, 2.05) is 60.7 Å². The minimum atomic E-state index is -1.10. The number of benzene rings is 2. The van der Waals surface area contributed by atoms with Gasteiger partial charge in [-0.1, -0.05) is 50.2 Å². The summed E-state index contributed by atoms with van der Waals surface area (Å²) in [6, 6.07) is 19.8. The standard InChI is InChI=1S/C18H23O2P/c1-15(2)18(3,4)21(19-16-11-7-5-8-12-16)20-17-13-9-6-10-14-17/h5-15H,1-4H3. The lowest BCUT2D eigenvalue weighted by atomic mass is 10.00. The molecule has 2 aromatic rings. The first kappa shape index (κ1) is 15.9. The minimum Gasteiger partial charge on any atom is -0.438 e. The van der Waals surface area contributed by atoms with Crippen molar-refractivity contribution in [3.05, 3.63) is 60.7 Å². The van der Waals surface area contributed by atoms with Crippen LogP contribution in [0.15, 0.2) is 60.7 Å². The quantitative estimate of drug-likeness (QED) is 0.619. The summed E-state index contributed by atoms with van der Waals surface area (Å²) in [4.78, 5) is 0. The van der Waals surface area contributed by atoms with Crippen LogP contribution in [0.3, 0.4) is 0 Å². The predicted molar refractivity (Wildman–Crippen MR) is 90.0 cm³/mol. The van der Waals surface area contributed by atoms with E-state index < -0.39 is 8.38 Å². The van der Waals surface area contributed by atoms with Crippen LogP contribution < -0.4 is 9.05 Å². The van der Waals surface area contributed by atoms with Crippen LogP contribution in [0.1, 0.15) is 27.7 Å². The summed E-state index contributed by atoms with van der Waals surface area (Å²) in [6.07, 6.45) is 0. The van der Waals surface area contributed by atoms with Gasteiger partial charge in [0.2, 0.25) is 0 Å². The summed E-state index contributed by atoms with van der Waals surface area (Å²) >= 11 is 0. The Labute approximate surface area is 129 Å². The van der Waals surface area contributed by atoms with Crippen LogP contribution >= 0.6 is 8.38 Å². The first-order valence-corrected chi connectivity index (χ1v) is 8.44. The molecule has 2 aromatic carbocycles. The number of hydrogen-bond donors (Lipinski definition) is 0. The van der Waals surface area contributed by atoms with Crippen LogP contribution in [0.2, 0.25) is 0 Å². The Morgan fingerprint density at radius 3 is 1.48 bits per heavy atom. The zero-order chi connectivity index (χ0) is 15.3. The van der Waals surface area contributed by atoms with Crippen molar-refractivity contribution >= 4 is 8.38 Å². The van der Waals surface area contributed by atoms with Gasteiger partial charge in [-0.3, -0.25) is 0 Å². The van der Waals surface area contributed by atoms with Gasteiger partial charge < -0.3 is 9.05 Å². The van der Waals surface area contributed by atoms with Gasteiger partial charge in [0.25, 0.3) is 8.38 Å². The molecular weight excluding hydrogens is 279 g/mol. The molecule has 0 bridgehead atoms. The molecule has 0 atom stereocenters. The SMILES string of the molecule is CC(C)C(C)(C)P(Oc1ccccc1)Oc1ccccc1. The average Bonchev–Trinajstić information content (AvgIpc) is 2.48. The van der Waals surface area contributed by atoms with Gasteiger partial charge in [-0.2, -0.15) is 0 Å². The van der Waals surface area contributed by atoms with E-state index in [2.05, 4.69) is 27.7 Å². The largest absolute Gasteiger partial charge is 0.438 e. The number of hydrogen-bond acceptors (Lipinski definition) is 2. The highest BCUT2D eigenvalue weighted by molar-refractivity contribution is 7.50. The van der Waals surface area contributed by atoms with Gasteiger partial charge in [-0.15, -0.1) is 0 Å². The molecule has 0 N–H and O–H groups in total. The van der Waals surface area contributed by atoms with Crippen molar-refractivity contribution in [3.8, 4) is 11.5 Å². The van der Waals surface area contributed by atoms with E-state index >= 15 is 0 Å².